The van der Waals surface area contributed by atoms with E-state index >= 15 is 0 Å². The highest BCUT2D eigenvalue weighted by atomic mass is 16.4. The Balaban J connectivity index is 4.00. The summed E-state index contributed by atoms with van der Waals surface area (Å²) >= 11 is 0. The Morgan fingerprint density at radius 3 is 2.18 bits per heavy atom. The molecule has 102 valence electrons. The SMILES string of the molecule is CN(CCCC(C)(C)C(N)=NO)CC(C)(C)C. The molecule has 0 saturated heterocycles. The van der Waals surface area contributed by atoms with Crippen molar-refractivity contribution in [3.05, 3.63) is 0 Å². The molecule has 0 unspecified atom stereocenters. The minimum Gasteiger partial charge on any atom is -0.409 e. The van der Waals surface area contributed by atoms with Crippen LogP contribution in [-0.4, -0.2) is 36.1 Å². The molecule has 0 heterocycles. The zero-order valence-corrected chi connectivity index (χ0v) is 12.2. The molecular formula is C13H29N3O. The predicted molar refractivity (Wildman–Crippen MR) is 73.4 cm³/mol. The van der Waals surface area contributed by atoms with E-state index in [9.17, 15) is 0 Å². The van der Waals surface area contributed by atoms with Crippen molar-refractivity contribution in [2.24, 2.45) is 21.7 Å². The van der Waals surface area contributed by atoms with Gasteiger partial charge in [-0.1, -0.05) is 39.8 Å². The summed E-state index contributed by atoms with van der Waals surface area (Å²) in [5.41, 5.74) is 5.76. The van der Waals surface area contributed by atoms with E-state index in [4.69, 9.17) is 10.9 Å². The lowest BCUT2D eigenvalue weighted by molar-refractivity contribution is 0.218. The lowest BCUT2D eigenvalue weighted by atomic mass is 9.86. The zero-order valence-electron chi connectivity index (χ0n) is 12.2. The molecule has 0 rings (SSSR count). The van der Waals surface area contributed by atoms with Crippen molar-refractivity contribution in [1.29, 1.82) is 0 Å². The molecule has 4 nitrogen and oxygen atoms in total. The minimum absolute atomic E-state index is 0.225. The molecule has 0 aliphatic carbocycles. The second-order valence-electron chi connectivity index (χ2n) is 6.77. The Labute approximate surface area is 106 Å². The molecule has 0 radical (unpaired) electrons. The van der Waals surface area contributed by atoms with Gasteiger partial charge in [0.25, 0.3) is 0 Å². The number of hydrogen-bond donors (Lipinski definition) is 2. The smallest absolute Gasteiger partial charge is 0.144 e. The first-order valence-corrected chi connectivity index (χ1v) is 6.25. The van der Waals surface area contributed by atoms with E-state index in [1.807, 2.05) is 13.8 Å². The summed E-state index contributed by atoms with van der Waals surface area (Å²) in [4.78, 5) is 2.34. The summed E-state index contributed by atoms with van der Waals surface area (Å²) in [6.45, 7) is 12.9. The third-order valence-electron chi connectivity index (χ3n) is 2.89. The topological polar surface area (TPSA) is 61.8 Å². The number of rotatable bonds is 6. The number of amidine groups is 1. The van der Waals surface area contributed by atoms with Gasteiger partial charge >= 0.3 is 0 Å². The van der Waals surface area contributed by atoms with Gasteiger partial charge in [-0.3, -0.25) is 0 Å². The summed E-state index contributed by atoms with van der Waals surface area (Å²) in [6, 6.07) is 0. The van der Waals surface area contributed by atoms with Crippen LogP contribution in [0.3, 0.4) is 0 Å². The van der Waals surface area contributed by atoms with Crippen LogP contribution < -0.4 is 5.73 Å². The van der Waals surface area contributed by atoms with E-state index in [1.165, 1.54) is 0 Å². The Morgan fingerprint density at radius 2 is 1.76 bits per heavy atom. The monoisotopic (exact) mass is 243 g/mol. The maximum atomic E-state index is 8.68. The van der Waals surface area contributed by atoms with Crippen LogP contribution in [0.2, 0.25) is 0 Å². The lowest BCUT2D eigenvalue weighted by Crippen LogP contribution is -2.34. The highest BCUT2D eigenvalue weighted by Crippen LogP contribution is 2.23. The first kappa shape index (κ1) is 16.2. The molecule has 0 saturated carbocycles. The Morgan fingerprint density at radius 1 is 1.24 bits per heavy atom. The van der Waals surface area contributed by atoms with Gasteiger partial charge in [0.2, 0.25) is 0 Å². The molecule has 17 heavy (non-hydrogen) atoms. The molecular weight excluding hydrogens is 214 g/mol. The summed E-state index contributed by atoms with van der Waals surface area (Å²) < 4.78 is 0. The number of nitrogens with zero attached hydrogens (tertiary/aromatic N) is 2. The summed E-state index contributed by atoms with van der Waals surface area (Å²) in [7, 11) is 2.14. The van der Waals surface area contributed by atoms with Crippen LogP contribution in [-0.2, 0) is 0 Å². The Hall–Kier alpha value is -0.770. The molecule has 0 aromatic rings. The van der Waals surface area contributed by atoms with Crippen LogP contribution in [0.4, 0.5) is 0 Å². The lowest BCUT2D eigenvalue weighted by Gasteiger charge is -2.28. The zero-order chi connectivity index (χ0) is 13.7. The molecule has 0 spiro atoms. The number of nitrogens with two attached hydrogens (primary N) is 1. The molecule has 0 aromatic carbocycles. The van der Waals surface area contributed by atoms with Crippen LogP contribution in [0.1, 0.15) is 47.5 Å². The van der Waals surface area contributed by atoms with E-state index in [-0.39, 0.29) is 5.41 Å². The molecule has 0 fully saturated rings. The number of oxime groups is 1. The maximum absolute atomic E-state index is 8.68. The second-order valence-corrected chi connectivity index (χ2v) is 6.77. The van der Waals surface area contributed by atoms with Gasteiger partial charge < -0.3 is 15.8 Å². The summed E-state index contributed by atoms with van der Waals surface area (Å²) in [5, 5.41) is 11.8. The van der Waals surface area contributed by atoms with Crippen molar-refractivity contribution in [2.75, 3.05) is 20.1 Å². The highest BCUT2D eigenvalue weighted by Gasteiger charge is 2.23. The predicted octanol–water partition coefficient (Wildman–Crippen LogP) is 2.52. The molecule has 0 aromatic heterocycles. The summed E-state index contributed by atoms with van der Waals surface area (Å²) in [5.74, 6) is 0.316. The van der Waals surface area contributed by atoms with Gasteiger partial charge in [-0.2, -0.15) is 0 Å². The molecule has 0 bridgehead atoms. The van der Waals surface area contributed by atoms with Gasteiger partial charge in [0.1, 0.15) is 5.84 Å². The van der Waals surface area contributed by atoms with Crippen LogP contribution >= 0.6 is 0 Å². The number of hydrogen-bond acceptors (Lipinski definition) is 3. The van der Waals surface area contributed by atoms with Crippen LogP contribution in [0.5, 0.6) is 0 Å². The molecule has 4 heteroatoms. The van der Waals surface area contributed by atoms with Crippen molar-refractivity contribution in [1.82, 2.24) is 4.90 Å². The van der Waals surface area contributed by atoms with E-state index in [1.54, 1.807) is 0 Å². The van der Waals surface area contributed by atoms with E-state index in [0.29, 0.717) is 11.3 Å². The van der Waals surface area contributed by atoms with Crippen molar-refractivity contribution in [3.63, 3.8) is 0 Å². The van der Waals surface area contributed by atoms with E-state index in [2.05, 4.69) is 37.9 Å². The molecule has 3 N–H and O–H groups in total. The average molecular weight is 243 g/mol. The van der Waals surface area contributed by atoms with Crippen molar-refractivity contribution in [2.45, 2.75) is 47.5 Å². The van der Waals surface area contributed by atoms with Crippen LogP contribution in [0.15, 0.2) is 5.16 Å². The fourth-order valence-electron chi connectivity index (χ4n) is 1.94. The highest BCUT2D eigenvalue weighted by molar-refractivity contribution is 5.85. The fraction of sp³-hybridized carbons (Fsp3) is 0.923. The summed E-state index contributed by atoms with van der Waals surface area (Å²) in [6.07, 6.45) is 1.98. The van der Waals surface area contributed by atoms with Gasteiger partial charge in [-0.15, -0.1) is 0 Å². The third-order valence-corrected chi connectivity index (χ3v) is 2.89. The second kappa shape index (κ2) is 6.24. The normalized spacial score (nSPS) is 14.4. The molecule has 0 aliphatic heterocycles. The van der Waals surface area contributed by atoms with Crippen molar-refractivity contribution < 1.29 is 5.21 Å². The standard InChI is InChI=1S/C13H29N3O/c1-12(2,3)10-16(6)9-7-8-13(4,5)11(14)15-17/h17H,7-10H2,1-6H3,(H2,14,15). The first-order valence-electron chi connectivity index (χ1n) is 6.25. The van der Waals surface area contributed by atoms with E-state index in [0.717, 1.165) is 25.9 Å². The van der Waals surface area contributed by atoms with Crippen LogP contribution in [0, 0.1) is 10.8 Å². The van der Waals surface area contributed by atoms with Gasteiger partial charge in [-0.05, 0) is 31.8 Å². The average Bonchev–Trinajstić information content (AvgIpc) is 2.13. The Kier molecular flexibility index (Phi) is 5.96. The molecule has 0 amide bonds. The quantitative estimate of drug-likeness (QED) is 0.326. The molecule has 0 atom stereocenters. The van der Waals surface area contributed by atoms with Crippen LogP contribution in [0.25, 0.3) is 0 Å². The van der Waals surface area contributed by atoms with Crippen molar-refractivity contribution >= 4 is 5.84 Å². The fourth-order valence-corrected chi connectivity index (χ4v) is 1.94. The first-order chi connectivity index (χ1) is 7.58. The van der Waals surface area contributed by atoms with Gasteiger partial charge in [0, 0.05) is 12.0 Å². The minimum atomic E-state index is -0.225. The van der Waals surface area contributed by atoms with Gasteiger partial charge in [-0.25, -0.2) is 0 Å². The Bertz CT molecular complexity index is 254. The van der Waals surface area contributed by atoms with E-state index < -0.39 is 0 Å². The maximum Gasteiger partial charge on any atom is 0.144 e. The van der Waals surface area contributed by atoms with Crippen molar-refractivity contribution in [3.8, 4) is 0 Å². The third kappa shape index (κ3) is 7.21. The van der Waals surface area contributed by atoms with Gasteiger partial charge in [0.05, 0.1) is 0 Å². The largest absolute Gasteiger partial charge is 0.409 e. The van der Waals surface area contributed by atoms with Gasteiger partial charge in [0.15, 0.2) is 0 Å². The molecule has 0 aliphatic rings.